The van der Waals surface area contributed by atoms with Crippen LogP contribution in [0.5, 0.6) is 0 Å². The molecule has 1 aromatic heterocycles. The smallest absolute Gasteiger partial charge is 0.255 e. The van der Waals surface area contributed by atoms with Crippen molar-refractivity contribution in [1.29, 1.82) is 0 Å². The number of fused-ring (bicyclic) bond motifs is 1. The van der Waals surface area contributed by atoms with E-state index < -0.39 is 0 Å². The molecule has 0 aliphatic rings. The monoisotopic (exact) mass is 348 g/mol. The molecule has 1 heterocycles. The van der Waals surface area contributed by atoms with Gasteiger partial charge >= 0.3 is 0 Å². The van der Waals surface area contributed by atoms with Gasteiger partial charge in [0.2, 0.25) is 0 Å². The Labute approximate surface area is 141 Å². The molecule has 112 valence electrons. The molecule has 0 saturated carbocycles. The highest BCUT2D eigenvalue weighted by molar-refractivity contribution is 7.99. The van der Waals surface area contributed by atoms with E-state index in [1.54, 1.807) is 23.3 Å². The van der Waals surface area contributed by atoms with E-state index in [1.807, 2.05) is 30.3 Å². The number of aromatic nitrogens is 1. The lowest BCUT2D eigenvalue weighted by molar-refractivity contribution is 0.102. The first kappa shape index (κ1) is 15.3. The van der Waals surface area contributed by atoms with E-state index in [9.17, 15) is 4.79 Å². The summed E-state index contributed by atoms with van der Waals surface area (Å²) < 4.78 is 0.889. The summed E-state index contributed by atoms with van der Waals surface area (Å²) in [7, 11) is 0. The van der Waals surface area contributed by atoms with Gasteiger partial charge in [-0.2, -0.15) is 0 Å². The summed E-state index contributed by atoms with van der Waals surface area (Å²) >= 11 is 9.28. The van der Waals surface area contributed by atoms with E-state index in [2.05, 4.69) is 17.2 Å². The molecule has 3 aromatic rings. The highest BCUT2D eigenvalue weighted by Crippen LogP contribution is 2.32. The number of benzene rings is 2. The fourth-order valence-corrected chi connectivity index (χ4v) is 3.87. The predicted octanol–water partition coefficient (Wildman–Crippen LogP) is 5.31. The predicted molar refractivity (Wildman–Crippen MR) is 95.4 cm³/mol. The number of amides is 1. The Balaban J connectivity index is 1.88. The number of nitrogens with zero attached hydrogens (tertiary/aromatic N) is 1. The second-order valence-electron chi connectivity index (χ2n) is 4.54. The van der Waals surface area contributed by atoms with E-state index in [0.29, 0.717) is 10.6 Å². The van der Waals surface area contributed by atoms with Gasteiger partial charge in [-0.15, -0.1) is 23.1 Å². The lowest BCUT2D eigenvalue weighted by atomic mass is 10.2. The number of halogens is 1. The summed E-state index contributed by atoms with van der Waals surface area (Å²) in [4.78, 5) is 17.8. The quantitative estimate of drug-likeness (QED) is 0.649. The molecule has 3 nitrogen and oxygen atoms in total. The Morgan fingerprint density at radius 3 is 3.05 bits per heavy atom. The molecule has 2 aromatic carbocycles. The van der Waals surface area contributed by atoms with Crippen molar-refractivity contribution in [2.75, 3.05) is 11.1 Å². The summed E-state index contributed by atoms with van der Waals surface area (Å²) in [5.41, 5.74) is 3.83. The molecule has 0 aliphatic carbocycles. The molecular weight excluding hydrogens is 336 g/mol. The van der Waals surface area contributed by atoms with Gasteiger partial charge in [0, 0.05) is 10.5 Å². The van der Waals surface area contributed by atoms with Crippen LogP contribution in [0.3, 0.4) is 0 Å². The zero-order chi connectivity index (χ0) is 15.5. The molecule has 0 atom stereocenters. The Bertz CT molecular complexity index is 832. The molecule has 0 bridgehead atoms. The van der Waals surface area contributed by atoms with Crippen LogP contribution in [-0.2, 0) is 0 Å². The molecule has 0 spiro atoms. The van der Waals surface area contributed by atoms with Crippen molar-refractivity contribution in [3.05, 3.63) is 52.5 Å². The highest BCUT2D eigenvalue weighted by Gasteiger charge is 2.12. The summed E-state index contributed by atoms with van der Waals surface area (Å²) in [5.74, 6) is 0.847. The number of rotatable bonds is 4. The number of thiazole rings is 1. The maximum atomic E-state index is 12.5. The summed E-state index contributed by atoms with van der Waals surface area (Å²) in [6.45, 7) is 2.09. The number of nitrogens with one attached hydrogen (secondary N) is 1. The SMILES string of the molecule is CCSc1cccc(C(=O)Nc2ccc(Cl)c3ncsc23)c1. The fraction of sp³-hybridized carbons (Fsp3) is 0.125. The molecule has 0 unspecified atom stereocenters. The molecule has 1 amide bonds. The van der Waals surface area contributed by atoms with E-state index in [1.165, 1.54) is 11.3 Å². The fourth-order valence-electron chi connectivity index (χ4n) is 2.11. The number of carbonyl (C=O) groups excluding carboxylic acids is 1. The van der Waals surface area contributed by atoms with Crippen LogP contribution in [-0.4, -0.2) is 16.6 Å². The highest BCUT2D eigenvalue weighted by atomic mass is 35.5. The van der Waals surface area contributed by atoms with Crippen molar-refractivity contribution >= 4 is 56.5 Å². The standard InChI is InChI=1S/C16H13ClN2OS2/c1-2-21-11-5-3-4-10(8-11)16(20)19-13-7-6-12(17)14-15(13)22-9-18-14/h3-9H,2H2,1H3,(H,19,20). The lowest BCUT2D eigenvalue weighted by Gasteiger charge is -2.08. The van der Waals surface area contributed by atoms with Crippen molar-refractivity contribution in [3.8, 4) is 0 Å². The van der Waals surface area contributed by atoms with Crippen molar-refractivity contribution < 1.29 is 4.79 Å². The molecule has 22 heavy (non-hydrogen) atoms. The molecule has 0 fully saturated rings. The van der Waals surface area contributed by atoms with Gasteiger partial charge in [-0.25, -0.2) is 4.98 Å². The minimum Gasteiger partial charge on any atom is -0.321 e. The van der Waals surface area contributed by atoms with Crippen LogP contribution in [0.15, 0.2) is 46.8 Å². The van der Waals surface area contributed by atoms with Crippen LogP contribution < -0.4 is 5.32 Å². The number of hydrogen-bond donors (Lipinski definition) is 1. The van der Waals surface area contributed by atoms with Gasteiger partial charge in [0.05, 0.1) is 20.9 Å². The first-order valence-electron chi connectivity index (χ1n) is 6.75. The number of thioether (sulfide) groups is 1. The topological polar surface area (TPSA) is 42.0 Å². The maximum Gasteiger partial charge on any atom is 0.255 e. The third-order valence-electron chi connectivity index (χ3n) is 3.09. The van der Waals surface area contributed by atoms with Gasteiger partial charge in [-0.1, -0.05) is 24.6 Å². The average Bonchev–Trinajstić information content (AvgIpc) is 3.01. The van der Waals surface area contributed by atoms with E-state index in [0.717, 1.165) is 26.6 Å². The molecule has 0 aliphatic heterocycles. The van der Waals surface area contributed by atoms with Gasteiger partial charge in [0.25, 0.3) is 5.91 Å². The Hall–Kier alpha value is -1.56. The van der Waals surface area contributed by atoms with Crippen molar-refractivity contribution in [2.45, 2.75) is 11.8 Å². The Morgan fingerprint density at radius 2 is 2.23 bits per heavy atom. The lowest BCUT2D eigenvalue weighted by Crippen LogP contribution is -2.11. The van der Waals surface area contributed by atoms with Crippen molar-refractivity contribution in [3.63, 3.8) is 0 Å². The third-order valence-corrected chi connectivity index (χ3v) is 5.13. The number of carbonyl (C=O) groups is 1. The molecule has 1 N–H and O–H groups in total. The zero-order valence-electron chi connectivity index (χ0n) is 11.8. The van der Waals surface area contributed by atoms with E-state index in [-0.39, 0.29) is 5.91 Å². The van der Waals surface area contributed by atoms with Crippen molar-refractivity contribution in [1.82, 2.24) is 4.98 Å². The van der Waals surface area contributed by atoms with Crippen LogP contribution in [0.2, 0.25) is 5.02 Å². The van der Waals surface area contributed by atoms with E-state index in [4.69, 9.17) is 11.6 Å². The molecule has 3 rings (SSSR count). The molecule has 0 saturated heterocycles. The molecule has 6 heteroatoms. The minimum absolute atomic E-state index is 0.129. The third kappa shape index (κ3) is 3.11. The number of hydrogen-bond acceptors (Lipinski definition) is 4. The first-order chi connectivity index (χ1) is 10.7. The zero-order valence-corrected chi connectivity index (χ0v) is 14.2. The van der Waals surface area contributed by atoms with Crippen LogP contribution in [0.1, 0.15) is 17.3 Å². The normalized spacial score (nSPS) is 10.8. The van der Waals surface area contributed by atoms with E-state index >= 15 is 0 Å². The summed E-state index contributed by atoms with van der Waals surface area (Å²) in [5, 5.41) is 3.54. The van der Waals surface area contributed by atoms with Gasteiger partial charge in [0.15, 0.2) is 0 Å². The second-order valence-corrected chi connectivity index (χ2v) is 7.14. The van der Waals surface area contributed by atoms with Crippen molar-refractivity contribution in [2.24, 2.45) is 0 Å². The van der Waals surface area contributed by atoms with Crippen LogP contribution in [0, 0.1) is 0 Å². The second kappa shape index (κ2) is 6.69. The molecular formula is C16H13ClN2OS2. The Morgan fingerprint density at radius 1 is 1.36 bits per heavy atom. The largest absolute Gasteiger partial charge is 0.321 e. The van der Waals surface area contributed by atoms with Gasteiger partial charge < -0.3 is 5.32 Å². The van der Waals surface area contributed by atoms with Gasteiger partial charge in [0.1, 0.15) is 5.52 Å². The van der Waals surface area contributed by atoms with Crippen LogP contribution >= 0.6 is 34.7 Å². The Kier molecular flexibility index (Phi) is 4.66. The summed E-state index contributed by atoms with van der Waals surface area (Å²) in [6.07, 6.45) is 0. The first-order valence-corrected chi connectivity index (χ1v) is 8.99. The molecule has 0 radical (unpaired) electrons. The van der Waals surface area contributed by atoms with Gasteiger partial charge in [-0.05, 0) is 36.1 Å². The summed E-state index contributed by atoms with van der Waals surface area (Å²) in [6, 6.07) is 11.2. The van der Waals surface area contributed by atoms with Gasteiger partial charge in [-0.3, -0.25) is 4.79 Å². The average molecular weight is 349 g/mol. The number of anilines is 1. The van der Waals surface area contributed by atoms with Crippen LogP contribution in [0.25, 0.3) is 10.2 Å². The minimum atomic E-state index is -0.129. The van der Waals surface area contributed by atoms with Crippen LogP contribution in [0.4, 0.5) is 5.69 Å². The maximum absolute atomic E-state index is 12.5.